The molecule has 0 bridgehead atoms. The van der Waals surface area contributed by atoms with E-state index in [4.69, 9.17) is 16.9 Å². The normalized spacial score (nSPS) is 10.2. The number of hydrogen-bond donors (Lipinski definition) is 0. The van der Waals surface area contributed by atoms with Crippen molar-refractivity contribution in [2.45, 2.75) is 10.9 Å². The van der Waals surface area contributed by atoms with Crippen LogP contribution in [-0.2, 0) is 12.8 Å². The van der Waals surface area contributed by atoms with Crippen LogP contribution in [0.4, 0.5) is 0 Å². The minimum Gasteiger partial charge on any atom is -0.329 e. The summed E-state index contributed by atoms with van der Waals surface area (Å²) in [6.45, 7) is 0. The maximum absolute atomic E-state index is 8.74. The molecule has 0 N–H and O–H groups in total. The third-order valence-electron chi connectivity index (χ3n) is 2.32. The number of nitriles is 1. The van der Waals surface area contributed by atoms with Crippen molar-refractivity contribution in [2.24, 2.45) is 7.05 Å². The smallest absolute Gasteiger partial charge is 0.167 e. The number of hydrogen-bond acceptors (Lipinski definition) is 3. The first-order valence-electron chi connectivity index (χ1n) is 4.99. The van der Waals surface area contributed by atoms with Gasteiger partial charge >= 0.3 is 0 Å². The molecular formula is C12H10ClN3S. The predicted octanol–water partition coefficient (Wildman–Crippen LogP) is 3.24. The van der Waals surface area contributed by atoms with Gasteiger partial charge in [-0.2, -0.15) is 5.26 Å². The lowest BCUT2D eigenvalue weighted by Crippen LogP contribution is -1.90. The van der Waals surface area contributed by atoms with E-state index in [-0.39, 0.29) is 0 Å². The van der Waals surface area contributed by atoms with E-state index in [9.17, 15) is 0 Å². The van der Waals surface area contributed by atoms with Crippen molar-refractivity contribution in [3.8, 4) is 6.07 Å². The summed E-state index contributed by atoms with van der Waals surface area (Å²) in [5.41, 5.74) is 1.60. The lowest BCUT2D eigenvalue weighted by atomic mass is 10.2. The minimum absolute atomic E-state index is 0.584. The number of imidazole rings is 1. The van der Waals surface area contributed by atoms with Gasteiger partial charge in [-0.05, 0) is 17.7 Å². The second kappa shape index (κ2) is 5.26. The van der Waals surface area contributed by atoms with Crippen LogP contribution in [0.25, 0.3) is 0 Å². The Morgan fingerprint density at radius 3 is 2.94 bits per heavy atom. The van der Waals surface area contributed by atoms with Crippen molar-refractivity contribution < 1.29 is 0 Å². The number of benzene rings is 1. The molecule has 2 aromatic rings. The number of halogens is 1. The summed E-state index contributed by atoms with van der Waals surface area (Å²) in [5.74, 6) is 0.745. The molecule has 1 heterocycles. The molecule has 1 aromatic heterocycles. The zero-order chi connectivity index (χ0) is 12.3. The molecule has 0 spiro atoms. The van der Waals surface area contributed by atoms with Crippen LogP contribution >= 0.6 is 23.4 Å². The van der Waals surface area contributed by atoms with Crippen LogP contribution in [0.3, 0.4) is 0 Å². The van der Waals surface area contributed by atoms with E-state index in [1.165, 1.54) is 0 Å². The fraction of sp³-hybridized carbons (Fsp3) is 0.167. The largest absolute Gasteiger partial charge is 0.329 e. The Bertz CT molecular complexity index is 571. The van der Waals surface area contributed by atoms with Crippen LogP contribution in [0.1, 0.15) is 11.1 Å². The molecule has 0 amide bonds. The number of nitrogens with zero attached hydrogens (tertiary/aromatic N) is 3. The van der Waals surface area contributed by atoms with Crippen LogP contribution in [0.5, 0.6) is 0 Å². The fourth-order valence-corrected chi connectivity index (χ4v) is 2.63. The van der Waals surface area contributed by atoms with E-state index >= 15 is 0 Å². The van der Waals surface area contributed by atoms with E-state index < -0.39 is 0 Å². The number of rotatable bonds is 3. The summed E-state index contributed by atoms with van der Waals surface area (Å²) in [7, 11) is 1.95. The van der Waals surface area contributed by atoms with Gasteiger partial charge in [0.15, 0.2) is 5.16 Å². The molecule has 0 radical (unpaired) electrons. The predicted molar refractivity (Wildman–Crippen MR) is 68.9 cm³/mol. The molecule has 0 fully saturated rings. The molecule has 5 heteroatoms. The van der Waals surface area contributed by atoms with Crippen molar-refractivity contribution in [2.75, 3.05) is 0 Å². The van der Waals surface area contributed by atoms with Gasteiger partial charge < -0.3 is 4.57 Å². The molecule has 0 aliphatic rings. The first-order valence-corrected chi connectivity index (χ1v) is 6.35. The highest BCUT2D eigenvalue weighted by Gasteiger charge is 2.05. The average Bonchev–Trinajstić information content (AvgIpc) is 2.73. The number of aryl methyl sites for hydroxylation is 1. The van der Waals surface area contributed by atoms with Crippen LogP contribution in [-0.4, -0.2) is 9.55 Å². The van der Waals surface area contributed by atoms with Gasteiger partial charge in [0.05, 0.1) is 11.6 Å². The molecule has 1 aromatic carbocycles. The zero-order valence-electron chi connectivity index (χ0n) is 9.22. The van der Waals surface area contributed by atoms with Crippen molar-refractivity contribution in [1.29, 1.82) is 5.26 Å². The van der Waals surface area contributed by atoms with Crippen molar-refractivity contribution in [1.82, 2.24) is 9.55 Å². The maximum atomic E-state index is 8.74. The third-order valence-corrected chi connectivity index (χ3v) is 3.77. The average molecular weight is 264 g/mol. The molecule has 17 heavy (non-hydrogen) atoms. The zero-order valence-corrected chi connectivity index (χ0v) is 10.8. The third kappa shape index (κ3) is 2.82. The Kier molecular flexibility index (Phi) is 3.72. The monoisotopic (exact) mass is 263 g/mol. The van der Waals surface area contributed by atoms with Gasteiger partial charge in [0.2, 0.25) is 0 Å². The summed E-state index contributed by atoms with van der Waals surface area (Å²) in [6, 6.07) is 7.42. The highest BCUT2D eigenvalue weighted by Crippen LogP contribution is 2.26. The van der Waals surface area contributed by atoms with Gasteiger partial charge in [0, 0.05) is 30.2 Å². The van der Waals surface area contributed by atoms with Gasteiger partial charge in [-0.25, -0.2) is 4.98 Å². The molecule has 0 atom stereocenters. The summed E-state index contributed by atoms with van der Waals surface area (Å²) in [6.07, 6.45) is 3.67. The standard InChI is InChI=1S/C12H10ClN3S/c1-16-5-4-15-12(16)17-8-10-3-2-9(7-14)6-11(10)13/h2-6H,8H2,1H3. The maximum Gasteiger partial charge on any atom is 0.167 e. The lowest BCUT2D eigenvalue weighted by molar-refractivity contribution is 0.790. The SMILES string of the molecule is Cn1ccnc1SCc1ccc(C#N)cc1Cl. The van der Waals surface area contributed by atoms with Crippen LogP contribution in [0.2, 0.25) is 5.02 Å². The molecule has 0 saturated heterocycles. The highest BCUT2D eigenvalue weighted by molar-refractivity contribution is 7.98. The van der Waals surface area contributed by atoms with Crippen molar-refractivity contribution in [3.05, 3.63) is 46.7 Å². The minimum atomic E-state index is 0.584. The van der Waals surface area contributed by atoms with Crippen molar-refractivity contribution >= 4 is 23.4 Å². The van der Waals surface area contributed by atoms with E-state index in [1.54, 1.807) is 30.1 Å². The molecule has 3 nitrogen and oxygen atoms in total. The second-order valence-corrected chi connectivity index (χ2v) is 4.88. The highest BCUT2D eigenvalue weighted by atomic mass is 35.5. The fourth-order valence-electron chi connectivity index (χ4n) is 1.37. The van der Waals surface area contributed by atoms with Gasteiger partial charge in [0.1, 0.15) is 0 Å². The van der Waals surface area contributed by atoms with Crippen LogP contribution in [0.15, 0.2) is 35.7 Å². The molecule has 0 aliphatic carbocycles. The Balaban J connectivity index is 2.10. The van der Waals surface area contributed by atoms with Gasteiger partial charge in [-0.15, -0.1) is 0 Å². The first-order chi connectivity index (χ1) is 8.20. The Hall–Kier alpha value is -1.44. The van der Waals surface area contributed by atoms with E-state index in [2.05, 4.69) is 11.1 Å². The summed E-state index contributed by atoms with van der Waals surface area (Å²) in [5, 5.41) is 10.3. The van der Waals surface area contributed by atoms with E-state index in [1.807, 2.05) is 23.9 Å². The molecule has 0 unspecified atom stereocenters. The first kappa shape index (κ1) is 12.0. The summed E-state index contributed by atoms with van der Waals surface area (Å²) < 4.78 is 1.96. The van der Waals surface area contributed by atoms with Crippen LogP contribution in [0, 0.1) is 11.3 Å². The van der Waals surface area contributed by atoms with Crippen LogP contribution < -0.4 is 0 Å². The molecular weight excluding hydrogens is 254 g/mol. The van der Waals surface area contributed by atoms with Gasteiger partial charge in [-0.1, -0.05) is 29.4 Å². The molecule has 0 saturated carbocycles. The van der Waals surface area contributed by atoms with Crippen molar-refractivity contribution in [3.63, 3.8) is 0 Å². The number of thioether (sulfide) groups is 1. The topological polar surface area (TPSA) is 41.6 Å². The van der Waals surface area contributed by atoms with Gasteiger partial charge in [-0.3, -0.25) is 0 Å². The summed E-state index contributed by atoms with van der Waals surface area (Å²) in [4.78, 5) is 4.22. The molecule has 2 rings (SSSR count). The van der Waals surface area contributed by atoms with Gasteiger partial charge in [0.25, 0.3) is 0 Å². The number of aromatic nitrogens is 2. The molecule has 86 valence electrons. The Morgan fingerprint density at radius 2 is 2.35 bits per heavy atom. The Morgan fingerprint density at radius 1 is 1.53 bits per heavy atom. The summed E-state index contributed by atoms with van der Waals surface area (Å²) >= 11 is 7.72. The quantitative estimate of drug-likeness (QED) is 0.799. The van der Waals surface area contributed by atoms with E-state index in [0.29, 0.717) is 10.6 Å². The Labute approximate surface area is 109 Å². The molecule has 0 aliphatic heterocycles. The van der Waals surface area contributed by atoms with E-state index in [0.717, 1.165) is 16.5 Å². The second-order valence-electron chi connectivity index (χ2n) is 3.53. The lowest BCUT2D eigenvalue weighted by Gasteiger charge is -2.04.